The largest absolute Gasteiger partial charge is 0.322 e. The van der Waals surface area contributed by atoms with Crippen LogP contribution in [0.1, 0.15) is 28.8 Å². The molecule has 2 aliphatic rings. The van der Waals surface area contributed by atoms with Crippen LogP contribution in [-0.4, -0.2) is 38.4 Å². The highest BCUT2D eigenvalue weighted by molar-refractivity contribution is 6.31. The number of amides is 3. The van der Waals surface area contributed by atoms with Gasteiger partial charge < -0.3 is 4.90 Å². The minimum absolute atomic E-state index is 0.0223. The molecule has 1 atom stereocenters. The maximum absolute atomic E-state index is 13.7. The molecule has 1 aromatic heterocycles. The molecule has 3 heterocycles. The maximum atomic E-state index is 13.7. The summed E-state index contributed by atoms with van der Waals surface area (Å²) in [6, 6.07) is 9.33. The van der Waals surface area contributed by atoms with Crippen molar-refractivity contribution in [2.24, 2.45) is 7.05 Å². The van der Waals surface area contributed by atoms with Gasteiger partial charge in [-0.1, -0.05) is 17.7 Å². The van der Waals surface area contributed by atoms with Crippen molar-refractivity contribution in [1.29, 1.82) is 0 Å². The highest BCUT2D eigenvalue weighted by atomic mass is 35.5. The van der Waals surface area contributed by atoms with Crippen LogP contribution in [0.4, 0.5) is 4.39 Å². The molecule has 1 fully saturated rings. The first-order valence-electron chi connectivity index (χ1n) is 10.1. The van der Waals surface area contributed by atoms with Crippen molar-refractivity contribution >= 4 is 29.3 Å². The summed E-state index contributed by atoms with van der Waals surface area (Å²) in [6.07, 6.45) is 2.24. The van der Waals surface area contributed by atoms with E-state index in [1.54, 1.807) is 36.1 Å². The van der Waals surface area contributed by atoms with Gasteiger partial charge in [0.2, 0.25) is 11.8 Å². The maximum Gasteiger partial charge on any atom is 0.255 e. The second-order valence-corrected chi connectivity index (χ2v) is 8.34. The van der Waals surface area contributed by atoms with Crippen molar-refractivity contribution in [3.05, 3.63) is 64.6 Å². The predicted octanol–water partition coefficient (Wildman–Crippen LogP) is 3.31. The normalized spacial score (nSPS) is 18.2. The number of benzene rings is 2. The van der Waals surface area contributed by atoms with Crippen molar-refractivity contribution in [3.8, 4) is 22.4 Å². The second-order valence-electron chi connectivity index (χ2n) is 7.93. The number of hydrogen-bond acceptors (Lipinski definition) is 4. The van der Waals surface area contributed by atoms with E-state index in [4.69, 9.17) is 11.6 Å². The standard InChI is InChI=1S/C23H18ClFN4O3/c1-28-21(13-3-5-18(25)17(24)9-13)16(10-26-28)12-2-4-15-14(8-12)11-29(23(15)32)19-6-7-20(30)27-22(19)31/h2-5,8-10,19H,6-7,11H2,1H3,(H,27,30,31). The van der Waals surface area contributed by atoms with Gasteiger partial charge in [0.25, 0.3) is 5.91 Å². The molecule has 3 aromatic rings. The van der Waals surface area contributed by atoms with Crippen LogP contribution in [0.3, 0.4) is 0 Å². The Labute approximate surface area is 187 Å². The number of piperidine rings is 1. The van der Waals surface area contributed by atoms with E-state index in [0.717, 1.165) is 22.4 Å². The number of nitrogens with zero attached hydrogens (tertiary/aromatic N) is 3. The van der Waals surface area contributed by atoms with E-state index in [9.17, 15) is 18.8 Å². The van der Waals surface area contributed by atoms with Crippen LogP contribution in [0.25, 0.3) is 22.4 Å². The molecule has 1 unspecified atom stereocenters. The molecule has 0 spiro atoms. The van der Waals surface area contributed by atoms with E-state index in [1.807, 2.05) is 12.1 Å². The van der Waals surface area contributed by atoms with Crippen LogP contribution in [0.5, 0.6) is 0 Å². The molecule has 3 amide bonds. The number of aryl methyl sites for hydroxylation is 1. The van der Waals surface area contributed by atoms with Gasteiger partial charge >= 0.3 is 0 Å². The quantitative estimate of drug-likeness (QED) is 0.618. The molecular weight excluding hydrogens is 435 g/mol. The summed E-state index contributed by atoms with van der Waals surface area (Å²) < 4.78 is 15.3. The van der Waals surface area contributed by atoms with Crippen LogP contribution >= 0.6 is 11.6 Å². The lowest BCUT2D eigenvalue weighted by molar-refractivity contribution is -0.136. The van der Waals surface area contributed by atoms with Crippen molar-refractivity contribution in [1.82, 2.24) is 20.0 Å². The molecule has 0 saturated carbocycles. The molecule has 0 bridgehead atoms. The third kappa shape index (κ3) is 3.27. The molecule has 2 aliphatic heterocycles. The minimum atomic E-state index is -0.661. The number of carbonyl (C=O) groups excluding carboxylic acids is 3. The van der Waals surface area contributed by atoms with Gasteiger partial charge in [0, 0.05) is 36.7 Å². The van der Waals surface area contributed by atoms with Gasteiger partial charge in [0.05, 0.1) is 16.9 Å². The molecule has 7 nitrogen and oxygen atoms in total. The average Bonchev–Trinajstić information content (AvgIpc) is 3.30. The molecule has 2 aromatic carbocycles. The first-order chi connectivity index (χ1) is 15.3. The highest BCUT2D eigenvalue weighted by Gasteiger charge is 2.39. The van der Waals surface area contributed by atoms with Crippen LogP contribution in [-0.2, 0) is 23.2 Å². The molecule has 5 rings (SSSR count). The molecule has 162 valence electrons. The molecule has 0 radical (unpaired) electrons. The van der Waals surface area contributed by atoms with Crippen LogP contribution in [0, 0.1) is 5.82 Å². The number of hydrogen-bond donors (Lipinski definition) is 1. The summed E-state index contributed by atoms with van der Waals surface area (Å²) in [5.41, 5.74) is 4.46. The van der Waals surface area contributed by atoms with Crippen molar-refractivity contribution in [2.75, 3.05) is 0 Å². The van der Waals surface area contributed by atoms with Crippen LogP contribution < -0.4 is 5.32 Å². The number of carbonyl (C=O) groups is 3. The Morgan fingerprint density at radius 1 is 1.09 bits per heavy atom. The van der Waals surface area contributed by atoms with Gasteiger partial charge in [-0.3, -0.25) is 24.4 Å². The third-order valence-corrected chi connectivity index (χ3v) is 6.26. The zero-order valence-electron chi connectivity index (χ0n) is 17.1. The Balaban J connectivity index is 1.50. The predicted molar refractivity (Wildman–Crippen MR) is 115 cm³/mol. The fourth-order valence-corrected chi connectivity index (χ4v) is 4.56. The number of nitrogens with one attached hydrogen (secondary N) is 1. The molecule has 32 heavy (non-hydrogen) atoms. The number of halogens is 2. The summed E-state index contributed by atoms with van der Waals surface area (Å²) >= 11 is 5.98. The number of aromatic nitrogens is 2. The van der Waals surface area contributed by atoms with E-state index in [0.29, 0.717) is 17.5 Å². The zero-order valence-corrected chi connectivity index (χ0v) is 17.8. The zero-order chi connectivity index (χ0) is 22.6. The lowest BCUT2D eigenvalue weighted by atomic mass is 9.98. The summed E-state index contributed by atoms with van der Waals surface area (Å²) in [6.45, 7) is 0.284. The number of fused-ring (bicyclic) bond motifs is 1. The van der Waals surface area contributed by atoms with Gasteiger partial charge in [-0.05, 0) is 47.9 Å². The van der Waals surface area contributed by atoms with Gasteiger partial charge in [-0.2, -0.15) is 5.10 Å². The summed E-state index contributed by atoms with van der Waals surface area (Å²) in [4.78, 5) is 38.2. The third-order valence-electron chi connectivity index (χ3n) is 5.97. The lowest BCUT2D eigenvalue weighted by Crippen LogP contribution is -2.52. The Hall–Kier alpha value is -3.52. The minimum Gasteiger partial charge on any atom is -0.322 e. The smallest absolute Gasteiger partial charge is 0.255 e. The molecular formula is C23H18ClFN4O3. The molecule has 9 heteroatoms. The second kappa shape index (κ2) is 7.56. The fraction of sp³-hybridized carbons (Fsp3) is 0.217. The average molecular weight is 453 g/mol. The Bertz CT molecular complexity index is 1300. The topological polar surface area (TPSA) is 84.3 Å². The highest BCUT2D eigenvalue weighted by Crippen LogP contribution is 2.36. The number of rotatable bonds is 3. The van der Waals surface area contributed by atoms with Gasteiger partial charge in [-0.25, -0.2) is 4.39 Å². The van der Waals surface area contributed by atoms with Crippen molar-refractivity contribution < 1.29 is 18.8 Å². The molecule has 1 saturated heterocycles. The van der Waals surface area contributed by atoms with Crippen molar-refractivity contribution in [3.63, 3.8) is 0 Å². The van der Waals surface area contributed by atoms with Gasteiger partial charge in [0.1, 0.15) is 11.9 Å². The summed E-state index contributed by atoms with van der Waals surface area (Å²) in [5.74, 6) is -1.48. The lowest BCUT2D eigenvalue weighted by Gasteiger charge is -2.29. The SMILES string of the molecule is Cn1ncc(-c2ccc3c(c2)CN(C2CCC(=O)NC2=O)C3=O)c1-c1ccc(F)c(Cl)c1. The van der Waals surface area contributed by atoms with E-state index >= 15 is 0 Å². The Kier molecular flexibility index (Phi) is 4.82. The summed E-state index contributed by atoms with van der Waals surface area (Å²) in [5, 5.41) is 6.68. The van der Waals surface area contributed by atoms with E-state index in [1.165, 1.54) is 11.0 Å². The van der Waals surface area contributed by atoms with Crippen molar-refractivity contribution in [2.45, 2.75) is 25.4 Å². The monoisotopic (exact) mass is 452 g/mol. The fourth-order valence-electron chi connectivity index (χ4n) is 4.38. The van der Waals surface area contributed by atoms with E-state index in [2.05, 4.69) is 10.4 Å². The Morgan fingerprint density at radius 2 is 1.88 bits per heavy atom. The van der Waals surface area contributed by atoms with Crippen LogP contribution in [0.15, 0.2) is 42.6 Å². The van der Waals surface area contributed by atoms with Crippen LogP contribution in [0.2, 0.25) is 5.02 Å². The van der Waals surface area contributed by atoms with Gasteiger partial charge in [0.15, 0.2) is 0 Å². The summed E-state index contributed by atoms with van der Waals surface area (Å²) in [7, 11) is 1.79. The first-order valence-corrected chi connectivity index (χ1v) is 10.5. The van der Waals surface area contributed by atoms with E-state index in [-0.39, 0.29) is 29.8 Å². The number of imide groups is 1. The Morgan fingerprint density at radius 3 is 2.62 bits per heavy atom. The molecule has 0 aliphatic carbocycles. The van der Waals surface area contributed by atoms with E-state index < -0.39 is 17.8 Å². The van der Waals surface area contributed by atoms with Gasteiger partial charge in [-0.15, -0.1) is 0 Å². The molecule has 1 N–H and O–H groups in total. The first kappa shape index (κ1) is 20.4.